The highest BCUT2D eigenvalue weighted by Gasteiger charge is 2.23. The number of cyclic esters (lactones) is 1. The summed E-state index contributed by atoms with van der Waals surface area (Å²) in [5.41, 5.74) is 5.56. The molecule has 1 heterocycles. The van der Waals surface area contributed by atoms with E-state index in [0.29, 0.717) is 24.6 Å². The lowest BCUT2D eigenvalue weighted by molar-refractivity contribution is 0.0697. The molecule has 1 amide bonds. The van der Waals surface area contributed by atoms with Gasteiger partial charge in [0, 0.05) is 5.69 Å². The number of amides is 1. The average Bonchev–Trinajstić information content (AvgIpc) is 3.06. The van der Waals surface area contributed by atoms with Crippen LogP contribution < -0.4 is 10.3 Å². The van der Waals surface area contributed by atoms with Crippen molar-refractivity contribution < 1.29 is 19.4 Å². The van der Waals surface area contributed by atoms with E-state index >= 15 is 0 Å². The lowest BCUT2D eigenvalue weighted by Gasteiger charge is -2.14. The monoisotopic (exact) mass is 373 g/mol. The van der Waals surface area contributed by atoms with Gasteiger partial charge in [0.25, 0.3) is 0 Å². The number of benzene rings is 2. The molecule has 0 spiro atoms. The lowest BCUT2D eigenvalue weighted by Crippen LogP contribution is -2.23. The molecule has 1 aliphatic rings. The first-order valence-corrected chi connectivity index (χ1v) is 8.21. The van der Waals surface area contributed by atoms with E-state index in [9.17, 15) is 9.59 Å². The highest BCUT2D eigenvalue weighted by atomic mass is 35.5. The third kappa shape index (κ3) is 3.78. The normalized spacial score (nSPS) is 14.3. The van der Waals surface area contributed by atoms with Crippen LogP contribution in [0.1, 0.15) is 22.8 Å². The highest BCUT2D eigenvalue weighted by molar-refractivity contribution is 6.33. The van der Waals surface area contributed by atoms with Crippen molar-refractivity contribution >= 4 is 40.7 Å². The second-order valence-corrected chi connectivity index (χ2v) is 6.03. The largest absolute Gasteiger partial charge is 0.478 e. The van der Waals surface area contributed by atoms with Crippen LogP contribution in [0.5, 0.6) is 0 Å². The smallest absolute Gasteiger partial charge is 0.414 e. The van der Waals surface area contributed by atoms with Crippen LogP contribution in [0.4, 0.5) is 16.2 Å². The first-order chi connectivity index (χ1) is 12.5. The van der Waals surface area contributed by atoms with Gasteiger partial charge in [-0.25, -0.2) is 9.59 Å². The maximum atomic E-state index is 11.7. The summed E-state index contributed by atoms with van der Waals surface area (Å²) in [6, 6.07) is 11.9. The van der Waals surface area contributed by atoms with Gasteiger partial charge in [0.1, 0.15) is 6.61 Å². The summed E-state index contributed by atoms with van der Waals surface area (Å²) >= 11 is 5.85. The molecular formula is C18H16ClN3O4. The Bertz CT molecular complexity index is 898. The quantitative estimate of drug-likeness (QED) is 0.614. The minimum Gasteiger partial charge on any atom is -0.478 e. The van der Waals surface area contributed by atoms with Gasteiger partial charge in [-0.15, -0.1) is 0 Å². The fourth-order valence-electron chi connectivity index (χ4n) is 2.50. The van der Waals surface area contributed by atoms with E-state index in [-0.39, 0.29) is 16.7 Å². The molecule has 0 unspecified atom stereocenters. The summed E-state index contributed by atoms with van der Waals surface area (Å²) < 4.78 is 4.95. The second-order valence-electron chi connectivity index (χ2n) is 5.63. The summed E-state index contributed by atoms with van der Waals surface area (Å²) in [7, 11) is 0. The van der Waals surface area contributed by atoms with Crippen molar-refractivity contribution in [1.29, 1.82) is 0 Å². The Balaban J connectivity index is 1.79. The van der Waals surface area contributed by atoms with Gasteiger partial charge < -0.3 is 9.84 Å². The molecule has 0 aliphatic carbocycles. The van der Waals surface area contributed by atoms with Crippen molar-refractivity contribution in [1.82, 2.24) is 0 Å². The molecule has 1 fully saturated rings. The van der Waals surface area contributed by atoms with Gasteiger partial charge in [-0.3, -0.25) is 10.3 Å². The molecule has 3 rings (SSSR count). The first-order valence-electron chi connectivity index (χ1n) is 7.83. The van der Waals surface area contributed by atoms with E-state index in [0.717, 1.165) is 11.3 Å². The van der Waals surface area contributed by atoms with Crippen molar-refractivity contribution in [3.63, 3.8) is 0 Å². The topological polar surface area (TPSA) is 91.2 Å². The number of carboxylic acid groups (broad SMARTS) is 1. The van der Waals surface area contributed by atoms with Crippen LogP contribution in [-0.2, 0) is 4.74 Å². The van der Waals surface area contributed by atoms with E-state index in [1.807, 2.05) is 31.2 Å². The minimum absolute atomic E-state index is 0.000868. The number of anilines is 2. The molecule has 134 valence electrons. The fourth-order valence-corrected chi connectivity index (χ4v) is 2.70. The molecule has 26 heavy (non-hydrogen) atoms. The number of rotatable bonds is 5. The van der Waals surface area contributed by atoms with Crippen LogP contribution >= 0.6 is 11.6 Å². The first kappa shape index (κ1) is 17.8. The summed E-state index contributed by atoms with van der Waals surface area (Å²) in [5, 5.41) is 13.5. The second kappa shape index (κ2) is 7.45. The summed E-state index contributed by atoms with van der Waals surface area (Å²) in [6.07, 6.45) is -0.364. The maximum Gasteiger partial charge on any atom is 0.414 e. The number of hydrogen-bond donors (Lipinski definition) is 2. The Morgan fingerprint density at radius 2 is 2.12 bits per heavy atom. The van der Waals surface area contributed by atoms with Crippen molar-refractivity contribution in [2.45, 2.75) is 6.92 Å². The number of ether oxygens (including phenoxy) is 1. The van der Waals surface area contributed by atoms with Crippen molar-refractivity contribution in [2.75, 3.05) is 23.5 Å². The Morgan fingerprint density at radius 1 is 1.31 bits per heavy atom. The van der Waals surface area contributed by atoms with Crippen LogP contribution in [0.3, 0.4) is 0 Å². The molecule has 0 radical (unpaired) electrons. The predicted molar refractivity (Wildman–Crippen MR) is 99.4 cm³/mol. The van der Waals surface area contributed by atoms with Gasteiger partial charge in [0.05, 0.1) is 28.5 Å². The zero-order chi connectivity index (χ0) is 18.7. The van der Waals surface area contributed by atoms with Crippen molar-refractivity contribution in [2.24, 2.45) is 5.10 Å². The number of hydrazone groups is 1. The van der Waals surface area contributed by atoms with E-state index in [1.165, 1.54) is 12.1 Å². The Labute approximate surface area is 154 Å². The van der Waals surface area contributed by atoms with Crippen molar-refractivity contribution in [3.05, 3.63) is 58.6 Å². The maximum absolute atomic E-state index is 11.7. The average molecular weight is 374 g/mol. The van der Waals surface area contributed by atoms with Crippen molar-refractivity contribution in [3.8, 4) is 0 Å². The zero-order valence-electron chi connectivity index (χ0n) is 13.9. The predicted octanol–water partition coefficient (Wildman–Crippen LogP) is 3.83. The number of carbonyl (C=O) groups is 2. The Kier molecular flexibility index (Phi) is 5.09. The Morgan fingerprint density at radius 3 is 2.81 bits per heavy atom. The molecule has 0 bridgehead atoms. The molecule has 0 saturated carbocycles. The molecule has 1 saturated heterocycles. The van der Waals surface area contributed by atoms with Crippen LogP contribution in [0.25, 0.3) is 0 Å². The van der Waals surface area contributed by atoms with Crippen LogP contribution in [0.15, 0.2) is 47.6 Å². The van der Waals surface area contributed by atoms with E-state index in [1.54, 1.807) is 11.0 Å². The molecule has 0 atom stereocenters. The van der Waals surface area contributed by atoms with Gasteiger partial charge in [0.15, 0.2) is 0 Å². The van der Waals surface area contributed by atoms with Gasteiger partial charge >= 0.3 is 12.1 Å². The molecule has 0 aromatic heterocycles. The highest BCUT2D eigenvalue weighted by Crippen LogP contribution is 2.22. The third-order valence-corrected chi connectivity index (χ3v) is 4.22. The number of halogens is 1. The summed E-state index contributed by atoms with van der Waals surface area (Å²) in [5.74, 6) is -1.11. The van der Waals surface area contributed by atoms with Crippen LogP contribution in [-0.4, -0.2) is 36.0 Å². The van der Waals surface area contributed by atoms with E-state index in [4.69, 9.17) is 21.4 Å². The number of carbonyl (C=O) groups excluding carboxylic acids is 1. The molecule has 8 heteroatoms. The molecular weight excluding hydrogens is 358 g/mol. The standard InChI is InChI=1S/C18H16ClN3O4/c1-11(20-21-13-5-6-16(19)15(10-13)17(23)24)12-3-2-4-14(9-12)22-7-8-26-18(22)25/h2-6,9-10,21H,7-8H2,1H3,(H,23,24). The molecule has 1 aliphatic heterocycles. The molecule has 7 nitrogen and oxygen atoms in total. The lowest BCUT2D eigenvalue weighted by atomic mass is 10.1. The number of hydrogen-bond acceptors (Lipinski definition) is 5. The third-order valence-electron chi connectivity index (χ3n) is 3.89. The zero-order valence-corrected chi connectivity index (χ0v) is 14.7. The SMILES string of the molecule is CC(=NNc1ccc(Cl)c(C(=O)O)c1)c1cccc(N2CCOC2=O)c1. The molecule has 2 N–H and O–H groups in total. The number of nitrogens with zero attached hydrogens (tertiary/aromatic N) is 2. The number of nitrogens with one attached hydrogen (secondary N) is 1. The van der Waals surface area contributed by atoms with Gasteiger partial charge in [-0.2, -0.15) is 5.10 Å². The molecule has 2 aromatic rings. The van der Waals surface area contributed by atoms with Gasteiger partial charge in [-0.1, -0.05) is 23.7 Å². The number of carboxylic acids is 1. The summed E-state index contributed by atoms with van der Waals surface area (Å²) in [4.78, 5) is 24.4. The number of aromatic carboxylic acids is 1. The fraction of sp³-hybridized carbons (Fsp3) is 0.167. The molecule has 2 aromatic carbocycles. The summed E-state index contributed by atoms with van der Waals surface area (Å²) in [6.45, 7) is 2.70. The van der Waals surface area contributed by atoms with Crippen LogP contribution in [0.2, 0.25) is 5.02 Å². The van der Waals surface area contributed by atoms with Gasteiger partial charge in [0.2, 0.25) is 0 Å². The van der Waals surface area contributed by atoms with Crippen LogP contribution in [0, 0.1) is 0 Å². The Hall–Kier alpha value is -3.06. The minimum atomic E-state index is -1.11. The van der Waals surface area contributed by atoms with Gasteiger partial charge in [-0.05, 0) is 42.8 Å². The van der Waals surface area contributed by atoms with E-state index < -0.39 is 5.97 Å². The van der Waals surface area contributed by atoms with E-state index in [2.05, 4.69) is 10.5 Å².